The zero-order valence-corrected chi connectivity index (χ0v) is 11.4. The first kappa shape index (κ1) is 14.3. The average Bonchev–Trinajstić information content (AvgIpc) is 2.41. The van der Waals surface area contributed by atoms with E-state index in [2.05, 4.69) is 5.32 Å². The van der Waals surface area contributed by atoms with Crippen molar-refractivity contribution in [1.29, 1.82) is 0 Å². The minimum Gasteiger partial charge on any atom is -0.393 e. The fraction of sp³-hybridized carbons (Fsp3) is 0.333. The van der Waals surface area contributed by atoms with E-state index in [1.165, 1.54) is 0 Å². The summed E-state index contributed by atoms with van der Waals surface area (Å²) < 4.78 is 0. The molecular formula is C15H18N2O3. The highest BCUT2D eigenvalue weighted by Crippen LogP contribution is 2.22. The van der Waals surface area contributed by atoms with Crippen LogP contribution in [0.5, 0.6) is 0 Å². The molecule has 106 valence electrons. The first-order chi connectivity index (χ1) is 9.56. The van der Waals surface area contributed by atoms with Crippen molar-refractivity contribution in [1.82, 2.24) is 0 Å². The number of aliphatic hydroxyl groups is 1. The topological polar surface area (TPSA) is 75.4 Å². The number of aliphatic hydroxyl groups excluding tert-OH is 1. The molecular weight excluding hydrogens is 256 g/mol. The van der Waals surface area contributed by atoms with E-state index in [-0.39, 0.29) is 16.7 Å². The van der Waals surface area contributed by atoms with Gasteiger partial charge in [0.2, 0.25) is 0 Å². The van der Waals surface area contributed by atoms with Crippen molar-refractivity contribution in [2.45, 2.75) is 32.3 Å². The number of rotatable bonds is 5. The van der Waals surface area contributed by atoms with Crippen molar-refractivity contribution < 1.29 is 10.0 Å². The van der Waals surface area contributed by atoms with Gasteiger partial charge in [0.1, 0.15) is 5.70 Å². The van der Waals surface area contributed by atoms with E-state index < -0.39 is 0 Å². The summed E-state index contributed by atoms with van der Waals surface area (Å²) in [5.74, 6) is 0. The Kier molecular flexibility index (Phi) is 4.53. The first-order valence-corrected chi connectivity index (χ1v) is 6.65. The molecule has 0 aromatic heterocycles. The smallest absolute Gasteiger partial charge is 0.288 e. The summed E-state index contributed by atoms with van der Waals surface area (Å²) in [7, 11) is 0. The van der Waals surface area contributed by atoms with Gasteiger partial charge in [-0.2, -0.15) is 0 Å². The molecule has 2 N–H and O–H groups in total. The minimum atomic E-state index is -0.376. The predicted molar refractivity (Wildman–Crippen MR) is 77.8 cm³/mol. The van der Waals surface area contributed by atoms with Crippen LogP contribution in [0.15, 0.2) is 47.8 Å². The molecule has 1 aliphatic carbocycles. The van der Waals surface area contributed by atoms with Crippen LogP contribution in [0.1, 0.15) is 25.3 Å². The van der Waals surface area contributed by atoms with E-state index in [1.807, 2.05) is 30.3 Å². The van der Waals surface area contributed by atoms with Crippen LogP contribution in [0, 0.1) is 10.1 Å². The molecule has 5 heteroatoms. The molecule has 1 aliphatic rings. The number of nitro groups is 1. The molecule has 0 saturated heterocycles. The van der Waals surface area contributed by atoms with Gasteiger partial charge in [-0.15, -0.1) is 0 Å². The van der Waals surface area contributed by atoms with Crippen LogP contribution in [0.2, 0.25) is 0 Å². The summed E-state index contributed by atoms with van der Waals surface area (Å²) in [5.41, 5.74) is 2.52. The van der Waals surface area contributed by atoms with Crippen molar-refractivity contribution in [2.24, 2.45) is 0 Å². The molecule has 1 aromatic carbocycles. The Morgan fingerprint density at radius 2 is 1.95 bits per heavy atom. The van der Waals surface area contributed by atoms with E-state index in [1.54, 1.807) is 13.0 Å². The van der Waals surface area contributed by atoms with Crippen LogP contribution in [-0.2, 0) is 6.42 Å². The van der Waals surface area contributed by atoms with Gasteiger partial charge in [-0.05, 0) is 50.0 Å². The Bertz CT molecular complexity index is 545. The molecule has 0 bridgehead atoms. The molecule has 20 heavy (non-hydrogen) atoms. The molecule has 0 radical (unpaired) electrons. The summed E-state index contributed by atoms with van der Waals surface area (Å²) in [6.45, 7) is 1.74. The second-order valence-corrected chi connectivity index (χ2v) is 4.92. The molecule has 0 heterocycles. The molecule has 1 aromatic rings. The molecule has 0 spiro atoms. The van der Waals surface area contributed by atoms with E-state index in [0.29, 0.717) is 18.5 Å². The normalized spacial score (nSPS) is 16.1. The maximum Gasteiger partial charge on any atom is 0.288 e. The summed E-state index contributed by atoms with van der Waals surface area (Å²) in [5, 5.41) is 23.4. The SMILES string of the molecule is C[C@H](O)Cc1ccc(NC2=CCCC=C2[N+](=O)[O-])cc1. The molecule has 2 rings (SSSR count). The largest absolute Gasteiger partial charge is 0.393 e. The Morgan fingerprint density at radius 1 is 1.30 bits per heavy atom. The zero-order valence-electron chi connectivity index (χ0n) is 11.4. The highest BCUT2D eigenvalue weighted by Gasteiger charge is 2.19. The molecule has 0 saturated carbocycles. The van der Waals surface area contributed by atoms with E-state index in [9.17, 15) is 15.2 Å². The van der Waals surface area contributed by atoms with E-state index >= 15 is 0 Å². The van der Waals surface area contributed by atoms with Crippen LogP contribution < -0.4 is 5.32 Å². The Hall–Kier alpha value is -2.14. The first-order valence-electron chi connectivity index (χ1n) is 6.65. The van der Waals surface area contributed by atoms with Crippen LogP contribution in [0.25, 0.3) is 0 Å². The van der Waals surface area contributed by atoms with Crippen molar-refractivity contribution >= 4 is 5.69 Å². The lowest BCUT2D eigenvalue weighted by atomic mass is 10.1. The standard InChI is InChI=1S/C15H18N2O3/c1-11(18)10-12-6-8-13(9-7-12)16-14-4-2-3-5-15(14)17(19)20/h4-9,11,16,18H,2-3,10H2,1H3/t11-/m0/s1. The number of anilines is 1. The third kappa shape index (κ3) is 3.68. The maximum absolute atomic E-state index is 11.0. The molecule has 1 atom stereocenters. The van der Waals surface area contributed by atoms with Gasteiger partial charge in [0.15, 0.2) is 0 Å². The van der Waals surface area contributed by atoms with Gasteiger partial charge < -0.3 is 10.4 Å². The number of allylic oxidation sites excluding steroid dienone is 2. The fourth-order valence-corrected chi connectivity index (χ4v) is 2.17. The van der Waals surface area contributed by atoms with Gasteiger partial charge >= 0.3 is 0 Å². The number of nitrogens with one attached hydrogen (secondary N) is 1. The molecule has 0 amide bonds. The number of nitrogens with zero attached hydrogens (tertiary/aromatic N) is 1. The third-order valence-corrected chi connectivity index (χ3v) is 3.09. The monoisotopic (exact) mass is 274 g/mol. The zero-order chi connectivity index (χ0) is 14.5. The number of benzene rings is 1. The summed E-state index contributed by atoms with van der Waals surface area (Å²) in [6, 6.07) is 7.55. The van der Waals surface area contributed by atoms with Crippen LogP contribution in [0.3, 0.4) is 0 Å². The quantitative estimate of drug-likeness (QED) is 0.639. The highest BCUT2D eigenvalue weighted by molar-refractivity contribution is 5.53. The van der Waals surface area contributed by atoms with Gasteiger partial charge in [0.25, 0.3) is 5.70 Å². The summed E-state index contributed by atoms with van der Waals surface area (Å²) in [6.07, 6.45) is 5.22. The molecule has 5 nitrogen and oxygen atoms in total. The van der Waals surface area contributed by atoms with Crippen molar-refractivity contribution in [2.75, 3.05) is 5.32 Å². The Balaban J connectivity index is 2.08. The van der Waals surface area contributed by atoms with Gasteiger partial charge in [-0.3, -0.25) is 10.1 Å². The van der Waals surface area contributed by atoms with Gasteiger partial charge in [-0.25, -0.2) is 0 Å². The molecule has 0 aliphatic heterocycles. The van der Waals surface area contributed by atoms with Gasteiger partial charge in [0.05, 0.1) is 11.0 Å². The van der Waals surface area contributed by atoms with E-state index in [0.717, 1.165) is 17.7 Å². The second kappa shape index (κ2) is 6.34. The third-order valence-electron chi connectivity index (χ3n) is 3.09. The minimum absolute atomic E-state index is 0.129. The van der Waals surface area contributed by atoms with Crippen molar-refractivity contribution in [3.05, 3.63) is 63.5 Å². The Morgan fingerprint density at radius 3 is 2.55 bits per heavy atom. The second-order valence-electron chi connectivity index (χ2n) is 4.92. The highest BCUT2D eigenvalue weighted by atomic mass is 16.6. The van der Waals surface area contributed by atoms with Crippen LogP contribution in [-0.4, -0.2) is 16.1 Å². The number of hydrogen-bond acceptors (Lipinski definition) is 4. The summed E-state index contributed by atoms with van der Waals surface area (Å²) in [4.78, 5) is 10.6. The van der Waals surface area contributed by atoms with Crippen LogP contribution >= 0.6 is 0 Å². The summed E-state index contributed by atoms with van der Waals surface area (Å²) >= 11 is 0. The molecule has 0 unspecified atom stereocenters. The van der Waals surface area contributed by atoms with E-state index in [4.69, 9.17) is 0 Å². The fourth-order valence-electron chi connectivity index (χ4n) is 2.17. The lowest BCUT2D eigenvalue weighted by Crippen LogP contribution is -2.12. The molecule has 0 fully saturated rings. The van der Waals surface area contributed by atoms with Crippen LogP contribution in [0.4, 0.5) is 5.69 Å². The average molecular weight is 274 g/mol. The van der Waals surface area contributed by atoms with Crippen molar-refractivity contribution in [3.63, 3.8) is 0 Å². The van der Waals surface area contributed by atoms with Crippen molar-refractivity contribution in [3.8, 4) is 0 Å². The van der Waals surface area contributed by atoms with Gasteiger partial charge in [-0.1, -0.05) is 18.2 Å². The number of hydrogen-bond donors (Lipinski definition) is 2. The lowest BCUT2D eigenvalue weighted by molar-refractivity contribution is -0.421. The predicted octanol–water partition coefficient (Wildman–Crippen LogP) is 2.86. The maximum atomic E-state index is 11.0. The Labute approximate surface area is 117 Å². The van der Waals surface area contributed by atoms with Gasteiger partial charge in [0, 0.05) is 5.69 Å². The lowest BCUT2D eigenvalue weighted by Gasteiger charge is -2.13.